The van der Waals surface area contributed by atoms with Gasteiger partial charge in [-0.1, -0.05) is 11.6 Å². The van der Waals surface area contributed by atoms with Gasteiger partial charge in [-0.3, -0.25) is 14.9 Å². The molecule has 1 amide bonds. The molecule has 1 aliphatic rings. The predicted octanol–water partition coefficient (Wildman–Crippen LogP) is 2.89. The van der Waals surface area contributed by atoms with E-state index in [4.69, 9.17) is 11.6 Å². The van der Waals surface area contributed by atoms with E-state index >= 15 is 0 Å². The molecule has 1 saturated heterocycles. The van der Waals surface area contributed by atoms with Gasteiger partial charge in [0.25, 0.3) is 5.69 Å². The SMILES string of the molecule is CCN1CN(c2cc(Cl)c(C(F)(F)F)cc2[N+](=O)[O-])CC1=O. The molecule has 1 aromatic carbocycles. The minimum atomic E-state index is -4.79. The number of hydrogen-bond acceptors (Lipinski definition) is 4. The Bertz CT molecular complexity index is 636. The second-order valence-corrected chi connectivity index (χ2v) is 5.07. The summed E-state index contributed by atoms with van der Waals surface area (Å²) >= 11 is 5.61. The Labute approximate surface area is 128 Å². The van der Waals surface area contributed by atoms with Crippen molar-refractivity contribution in [3.63, 3.8) is 0 Å². The molecule has 0 N–H and O–H groups in total. The number of nitrogens with zero attached hydrogens (tertiary/aromatic N) is 3. The van der Waals surface area contributed by atoms with E-state index in [0.717, 1.165) is 6.07 Å². The Morgan fingerprint density at radius 3 is 2.50 bits per heavy atom. The van der Waals surface area contributed by atoms with E-state index in [9.17, 15) is 28.1 Å². The molecule has 10 heteroatoms. The van der Waals surface area contributed by atoms with Crippen LogP contribution in [0.15, 0.2) is 12.1 Å². The highest BCUT2D eigenvalue weighted by atomic mass is 35.5. The summed E-state index contributed by atoms with van der Waals surface area (Å²) in [5.41, 5.74) is -2.11. The van der Waals surface area contributed by atoms with E-state index in [1.54, 1.807) is 6.92 Å². The number of carbonyl (C=O) groups is 1. The number of nitro groups is 1. The maximum Gasteiger partial charge on any atom is 0.418 e. The zero-order chi connectivity index (χ0) is 16.7. The third-order valence-electron chi connectivity index (χ3n) is 3.31. The molecular formula is C12H11ClF3N3O3. The Balaban J connectivity index is 2.51. The molecule has 0 unspecified atom stereocenters. The standard InChI is InChI=1S/C12H11ClF3N3O3/c1-2-17-6-18(5-11(17)20)9-4-8(13)7(12(14,15)16)3-10(9)19(21)22/h3-4H,2,5-6H2,1H3. The number of nitro benzene ring substituents is 1. The van der Waals surface area contributed by atoms with Crippen molar-refractivity contribution < 1.29 is 22.9 Å². The number of likely N-dealkylation sites (N-methyl/N-ethyl adjacent to an activating group) is 1. The lowest BCUT2D eigenvalue weighted by Crippen LogP contribution is -2.27. The first-order chi connectivity index (χ1) is 10.1. The summed E-state index contributed by atoms with van der Waals surface area (Å²) in [5, 5.41) is 10.4. The van der Waals surface area contributed by atoms with Gasteiger partial charge in [0, 0.05) is 12.6 Å². The fraction of sp³-hybridized carbons (Fsp3) is 0.417. The number of carbonyl (C=O) groups excluding carboxylic acids is 1. The van der Waals surface area contributed by atoms with Gasteiger partial charge in [-0.2, -0.15) is 13.2 Å². The molecule has 0 spiro atoms. The first-order valence-corrected chi connectivity index (χ1v) is 6.60. The topological polar surface area (TPSA) is 66.7 Å². The van der Waals surface area contributed by atoms with Crippen LogP contribution in [0.3, 0.4) is 0 Å². The molecule has 0 radical (unpaired) electrons. The van der Waals surface area contributed by atoms with E-state index < -0.39 is 27.4 Å². The van der Waals surface area contributed by atoms with Crippen molar-refractivity contribution >= 4 is 28.9 Å². The minimum absolute atomic E-state index is 0.0673. The molecule has 0 aromatic heterocycles. The quantitative estimate of drug-likeness (QED) is 0.628. The molecule has 1 heterocycles. The van der Waals surface area contributed by atoms with Gasteiger partial charge in [-0.05, 0) is 13.0 Å². The van der Waals surface area contributed by atoms with E-state index in [1.807, 2.05) is 0 Å². The Hall–Kier alpha value is -2.03. The average Bonchev–Trinajstić information content (AvgIpc) is 2.77. The molecule has 0 bridgehead atoms. The van der Waals surface area contributed by atoms with E-state index in [2.05, 4.69) is 0 Å². The Morgan fingerprint density at radius 1 is 1.41 bits per heavy atom. The van der Waals surface area contributed by atoms with Crippen LogP contribution in [0.25, 0.3) is 0 Å². The van der Waals surface area contributed by atoms with Gasteiger partial charge >= 0.3 is 6.18 Å². The summed E-state index contributed by atoms with van der Waals surface area (Å²) in [6.07, 6.45) is -4.79. The van der Waals surface area contributed by atoms with Gasteiger partial charge in [0.05, 0.1) is 28.7 Å². The second-order valence-electron chi connectivity index (χ2n) is 4.66. The lowest BCUT2D eigenvalue weighted by Gasteiger charge is -2.20. The number of alkyl halides is 3. The van der Waals surface area contributed by atoms with Crippen LogP contribution in [-0.4, -0.2) is 35.5 Å². The number of amides is 1. The first kappa shape index (κ1) is 16.3. The highest BCUT2D eigenvalue weighted by Gasteiger charge is 2.38. The van der Waals surface area contributed by atoms with Crippen molar-refractivity contribution in [2.24, 2.45) is 0 Å². The third-order valence-corrected chi connectivity index (χ3v) is 3.62. The van der Waals surface area contributed by atoms with Gasteiger partial charge in [0.1, 0.15) is 5.69 Å². The number of benzene rings is 1. The van der Waals surface area contributed by atoms with Gasteiger partial charge < -0.3 is 9.80 Å². The summed E-state index contributed by atoms with van der Waals surface area (Å²) < 4.78 is 38.4. The van der Waals surface area contributed by atoms with Crippen LogP contribution < -0.4 is 4.90 Å². The highest BCUT2D eigenvalue weighted by molar-refractivity contribution is 6.32. The van der Waals surface area contributed by atoms with Gasteiger partial charge in [0.2, 0.25) is 5.91 Å². The molecule has 2 rings (SSSR count). The van der Waals surface area contributed by atoms with E-state index in [-0.39, 0.29) is 24.8 Å². The van der Waals surface area contributed by atoms with Gasteiger partial charge in [-0.25, -0.2) is 0 Å². The number of halogens is 4. The van der Waals surface area contributed by atoms with Crippen LogP contribution in [0.5, 0.6) is 0 Å². The number of hydrogen-bond donors (Lipinski definition) is 0. The van der Waals surface area contributed by atoms with E-state index in [0.29, 0.717) is 12.6 Å². The zero-order valence-electron chi connectivity index (χ0n) is 11.4. The van der Waals surface area contributed by atoms with Crippen molar-refractivity contribution in [1.29, 1.82) is 0 Å². The van der Waals surface area contributed by atoms with Crippen molar-refractivity contribution in [3.8, 4) is 0 Å². The minimum Gasteiger partial charge on any atom is -0.339 e. The summed E-state index contributed by atoms with van der Waals surface area (Å²) in [6, 6.07) is 1.28. The second kappa shape index (κ2) is 5.64. The molecule has 0 aliphatic carbocycles. The molecule has 1 aliphatic heterocycles. The average molecular weight is 338 g/mol. The van der Waals surface area contributed by atoms with Gasteiger partial charge in [-0.15, -0.1) is 0 Å². The molecular weight excluding hydrogens is 327 g/mol. The highest BCUT2D eigenvalue weighted by Crippen LogP contribution is 2.41. The Kier molecular flexibility index (Phi) is 4.19. The van der Waals surface area contributed by atoms with Crippen molar-refractivity contribution in [2.75, 3.05) is 24.7 Å². The molecule has 0 atom stereocenters. The van der Waals surface area contributed by atoms with Crippen molar-refractivity contribution in [2.45, 2.75) is 13.1 Å². The van der Waals surface area contributed by atoms with Crippen molar-refractivity contribution in [1.82, 2.24) is 4.90 Å². The molecule has 1 aromatic rings. The smallest absolute Gasteiger partial charge is 0.339 e. The molecule has 1 fully saturated rings. The van der Waals surface area contributed by atoms with Crippen LogP contribution in [0.2, 0.25) is 5.02 Å². The molecule has 120 valence electrons. The fourth-order valence-corrected chi connectivity index (χ4v) is 2.47. The fourth-order valence-electron chi connectivity index (χ4n) is 2.20. The van der Waals surface area contributed by atoms with Crippen LogP contribution >= 0.6 is 11.6 Å². The Morgan fingerprint density at radius 2 is 2.05 bits per heavy atom. The molecule has 6 nitrogen and oxygen atoms in total. The lowest BCUT2D eigenvalue weighted by atomic mass is 10.1. The zero-order valence-corrected chi connectivity index (χ0v) is 12.1. The predicted molar refractivity (Wildman–Crippen MR) is 72.7 cm³/mol. The number of anilines is 1. The van der Waals surface area contributed by atoms with Crippen LogP contribution in [-0.2, 0) is 11.0 Å². The maximum absolute atomic E-state index is 12.8. The maximum atomic E-state index is 12.8. The summed E-state index contributed by atoms with van der Waals surface area (Å²) in [6.45, 7) is 2.06. The molecule has 22 heavy (non-hydrogen) atoms. The number of rotatable bonds is 3. The van der Waals surface area contributed by atoms with Gasteiger partial charge in [0.15, 0.2) is 0 Å². The molecule has 0 saturated carbocycles. The van der Waals surface area contributed by atoms with Crippen LogP contribution in [0, 0.1) is 10.1 Å². The lowest BCUT2D eigenvalue weighted by molar-refractivity contribution is -0.384. The third kappa shape index (κ3) is 2.94. The van der Waals surface area contributed by atoms with E-state index in [1.165, 1.54) is 9.80 Å². The van der Waals surface area contributed by atoms with Crippen LogP contribution in [0.4, 0.5) is 24.5 Å². The van der Waals surface area contributed by atoms with Crippen LogP contribution in [0.1, 0.15) is 12.5 Å². The summed E-state index contributed by atoms with van der Waals surface area (Å²) in [5.74, 6) is -0.257. The first-order valence-electron chi connectivity index (χ1n) is 6.23. The normalized spacial score (nSPS) is 15.6. The van der Waals surface area contributed by atoms with Crippen molar-refractivity contribution in [3.05, 3.63) is 32.8 Å². The largest absolute Gasteiger partial charge is 0.418 e. The summed E-state index contributed by atoms with van der Waals surface area (Å²) in [4.78, 5) is 24.6. The summed E-state index contributed by atoms with van der Waals surface area (Å²) in [7, 11) is 0. The monoisotopic (exact) mass is 337 g/mol.